The number of aliphatic hydroxyl groups is 1. The van der Waals surface area contributed by atoms with Crippen LogP contribution in [0.2, 0.25) is 0 Å². The number of aromatic nitrogens is 6. The highest BCUT2D eigenvalue weighted by atomic mass is 19.1. The smallest absolute Gasteiger partial charge is 0.274 e. The monoisotopic (exact) mass is 1950 g/mol. The van der Waals surface area contributed by atoms with Crippen molar-refractivity contribution < 1.29 is 97.3 Å². The molecule has 0 spiro atoms. The SMILES string of the molecule is Cc1ccc(OCCCn2ccc3ccc(C(=O)CO)cc3c2=O)cc1.O=C(NO)c1ccc2c(c1)CC(=O)N(Cc1ccccc1)C2=O.O=C(NO)c1ccc2c(c1)CC(=O)N(c1ccccc1)C2=O.O=C(NO)c1ccc2ccn(CCOc3cccc4c3CCC4)c(=O)c2c1.O=C(NO)c1ccc2ccn(Cc3cc(F)ccc3F)c(=O)c2c1.O=C(NO)c1ccc2ncn(Cc3ccccn3)c(=O)c2c1. The number of hydrogen-bond acceptors (Lipinski definition) is 24. The zero-order valence-corrected chi connectivity index (χ0v) is 76.7. The third-order valence-electron chi connectivity index (χ3n) is 23.5. The number of nitrogens with zero attached hydrogens (tertiary/aromatic N) is 8. The summed E-state index contributed by atoms with van der Waals surface area (Å²) in [5.74, 6) is -4.80. The molecule has 0 bridgehead atoms. The Morgan fingerprint density at radius 3 is 1.50 bits per heavy atom. The molecule has 0 unspecified atom stereocenters. The Balaban J connectivity index is 0.000000137. The predicted octanol–water partition coefficient (Wildman–Crippen LogP) is 12.1. The molecule has 37 heteroatoms. The van der Waals surface area contributed by atoms with Crippen molar-refractivity contribution in [1.82, 2.24) is 60.5 Å². The van der Waals surface area contributed by atoms with Crippen LogP contribution in [0.5, 0.6) is 11.5 Å². The number of imide groups is 2. The third-order valence-corrected chi connectivity index (χ3v) is 23.5. The summed E-state index contributed by atoms with van der Waals surface area (Å²) >= 11 is 0. The summed E-state index contributed by atoms with van der Waals surface area (Å²) in [4.78, 5) is 180. The van der Waals surface area contributed by atoms with Crippen molar-refractivity contribution in [3.05, 3.63) is 440 Å². The number of halogens is 2. The fourth-order valence-electron chi connectivity index (χ4n) is 16.1. The van der Waals surface area contributed by atoms with Gasteiger partial charge in [0.1, 0.15) is 36.3 Å². The maximum atomic E-state index is 13.8. The number of Topliss-reactive ketones (excluding diaryl/α,β-unsaturated/α-hetero) is 1. The summed E-state index contributed by atoms with van der Waals surface area (Å²) in [6.45, 7) is 3.66. The van der Waals surface area contributed by atoms with E-state index in [0.717, 1.165) is 75.9 Å². The van der Waals surface area contributed by atoms with E-state index in [2.05, 4.69) is 16.0 Å². The second-order valence-corrected chi connectivity index (χ2v) is 32.9. The highest BCUT2D eigenvalue weighted by Gasteiger charge is 2.34. The van der Waals surface area contributed by atoms with Gasteiger partial charge < -0.3 is 28.3 Å². The van der Waals surface area contributed by atoms with Crippen LogP contribution in [0.15, 0.2) is 317 Å². The molecule has 3 aliphatic rings. The Bertz CT molecular complexity index is 7860. The summed E-state index contributed by atoms with van der Waals surface area (Å²) in [6, 6.07) is 73.0. The number of carbonyl (C=O) groups is 10. The minimum Gasteiger partial charge on any atom is -0.494 e. The Kier molecular flexibility index (Phi) is 33.6. The number of ketones is 1. The first kappa shape index (κ1) is 102. The minimum atomic E-state index is -0.747. The standard InChI is InChI=1S/C21H20N2O4.C21H21NO4.C17H12F2N2O3.C17H14N2O4.C16H12N2O4.C15H12N4O3/c24-20(22-26)16-8-7-15-9-10-23(21(25)18(15)13-16)11-12-27-19-6-2-4-14-3-1-5-17(14)19;1-15-3-7-18(8-4-15)26-12-2-10-22-11-9-16-5-6-17(20(24)14-23)13-19(16)21(22)25;18-13-3-4-15(19)12(7-13)9-21-6-5-10-1-2-11(16(22)20-24)8-14(10)17(21)23;20-15-9-13-8-12(16(21)18-23)6-7-14(13)17(22)19(15)10-11-4-2-1-3-5-11;19-14-9-11-8-10(15(20)17-22)6-7-13(11)16(21)18(14)12-4-2-1-3-5-12;20-14(18-22)10-4-5-13-12(7-10)15(21)19(9-17-13)8-11-3-1-2-6-16-11/h2,4,6-10,13,26H,1,3,5,11-12H2,(H,22,24);3-9,11,13,23H,2,10,12,14H2,1H3;1-8,24H,9H2,(H,20,22);1-8,23H,9-10H2,(H,18,21);1-8,22H,9H2,(H,17,20);1-7,9,22H,8H2,(H,18,20). The molecule has 144 heavy (non-hydrogen) atoms. The summed E-state index contributed by atoms with van der Waals surface area (Å²) in [6.07, 6.45) is 12.1. The van der Waals surface area contributed by atoms with Gasteiger partial charge >= 0.3 is 0 Å². The summed E-state index contributed by atoms with van der Waals surface area (Å²) in [5.41, 5.74) is 16.1. The predicted molar refractivity (Wildman–Crippen MR) is 522 cm³/mol. The van der Waals surface area contributed by atoms with Crippen LogP contribution in [-0.4, -0.2) is 143 Å². The van der Waals surface area contributed by atoms with Crippen molar-refractivity contribution in [2.24, 2.45) is 0 Å². The Morgan fingerprint density at radius 1 is 0.417 bits per heavy atom. The van der Waals surface area contributed by atoms with Crippen molar-refractivity contribution in [1.29, 1.82) is 0 Å². The van der Waals surface area contributed by atoms with Gasteiger partial charge in [0.25, 0.3) is 63.6 Å². The molecule has 16 aromatic rings. The van der Waals surface area contributed by atoms with Gasteiger partial charge in [-0.3, -0.25) is 108 Å². The van der Waals surface area contributed by atoms with Gasteiger partial charge in [-0.15, -0.1) is 0 Å². The number of pyridine rings is 4. The van der Waals surface area contributed by atoms with Crippen LogP contribution in [0.3, 0.4) is 0 Å². The van der Waals surface area contributed by atoms with Crippen LogP contribution >= 0.6 is 0 Å². The van der Waals surface area contributed by atoms with Crippen LogP contribution in [0.1, 0.15) is 140 Å². The number of rotatable bonds is 23. The number of anilines is 1. The van der Waals surface area contributed by atoms with Gasteiger partial charge in [-0.05, 0) is 240 Å². The Morgan fingerprint density at radius 2 is 0.924 bits per heavy atom. The first-order chi connectivity index (χ1) is 69.6. The molecule has 9 amide bonds. The molecule has 35 nitrogen and oxygen atoms in total. The lowest BCUT2D eigenvalue weighted by Gasteiger charge is -2.27. The molecule has 0 atom stereocenters. The molecule has 7 heterocycles. The van der Waals surface area contributed by atoms with Gasteiger partial charge in [0.2, 0.25) is 11.8 Å². The number of aryl methyl sites for hydroxylation is 3. The van der Waals surface area contributed by atoms with Crippen LogP contribution in [0.25, 0.3) is 43.2 Å². The number of para-hydroxylation sites is 1. The fraction of sp³-hybridized carbons (Fsp3) is 0.140. The lowest BCUT2D eigenvalue weighted by molar-refractivity contribution is -0.129. The lowest BCUT2D eigenvalue weighted by atomic mass is 9.95. The van der Waals surface area contributed by atoms with Gasteiger partial charge in [-0.1, -0.05) is 109 Å². The molecule has 11 aromatic carbocycles. The van der Waals surface area contributed by atoms with Crippen LogP contribution in [0.4, 0.5) is 14.5 Å². The van der Waals surface area contributed by atoms with E-state index in [4.69, 9.17) is 40.6 Å². The van der Waals surface area contributed by atoms with Gasteiger partial charge in [0.05, 0.1) is 74.2 Å². The fourth-order valence-corrected chi connectivity index (χ4v) is 16.1. The molecule has 0 saturated heterocycles. The number of hydroxylamine groups is 5. The van der Waals surface area contributed by atoms with E-state index >= 15 is 0 Å². The second kappa shape index (κ2) is 47.5. The highest BCUT2D eigenvalue weighted by Crippen LogP contribution is 2.32. The van der Waals surface area contributed by atoms with E-state index in [1.807, 2.05) is 97.9 Å². The van der Waals surface area contributed by atoms with Crippen molar-refractivity contribution in [3.63, 3.8) is 0 Å². The molecular weight excluding hydrogens is 1860 g/mol. The van der Waals surface area contributed by atoms with Crippen molar-refractivity contribution in [2.45, 2.75) is 78.2 Å². The number of nitrogens with one attached hydrogen (secondary N) is 5. The summed E-state index contributed by atoms with van der Waals surface area (Å²) < 4.78 is 44.5. The van der Waals surface area contributed by atoms with E-state index in [1.165, 1.54) is 126 Å². The van der Waals surface area contributed by atoms with Gasteiger partial charge in [-0.2, -0.15) is 0 Å². The van der Waals surface area contributed by atoms with Crippen LogP contribution in [-0.2, 0) is 68.0 Å². The molecule has 0 saturated carbocycles. The number of fused-ring (bicyclic) bond motifs is 7. The number of hydrogen-bond donors (Lipinski definition) is 11. The van der Waals surface area contributed by atoms with Crippen molar-refractivity contribution in [2.75, 3.05) is 24.7 Å². The van der Waals surface area contributed by atoms with Gasteiger partial charge in [0.15, 0.2) is 5.78 Å². The number of ether oxygens (including phenoxy) is 2. The quantitative estimate of drug-likeness (QED) is 0.00931. The number of benzene rings is 11. The molecule has 5 aromatic heterocycles. The minimum absolute atomic E-state index is 0.0164. The maximum Gasteiger partial charge on any atom is 0.274 e. The molecule has 0 radical (unpaired) electrons. The van der Waals surface area contributed by atoms with Gasteiger partial charge in [-0.25, -0.2) is 46.1 Å². The molecule has 19 rings (SSSR count). The third kappa shape index (κ3) is 24.6. The van der Waals surface area contributed by atoms with E-state index < -0.39 is 65.0 Å². The zero-order chi connectivity index (χ0) is 102. The first-order valence-corrected chi connectivity index (χ1v) is 44.7. The summed E-state index contributed by atoms with van der Waals surface area (Å²) in [7, 11) is 0. The van der Waals surface area contributed by atoms with E-state index in [9.17, 15) is 75.9 Å². The molecular formula is C107H91F2N13O22. The Labute approximate surface area is 816 Å². The lowest BCUT2D eigenvalue weighted by Crippen LogP contribution is -2.42. The number of amides is 9. The maximum absolute atomic E-state index is 13.8. The summed E-state index contributed by atoms with van der Waals surface area (Å²) in [5, 5.41) is 56.0. The van der Waals surface area contributed by atoms with E-state index in [-0.39, 0.29) is 99.1 Å². The molecule has 11 N–H and O–H groups in total. The molecule has 0 fully saturated rings. The molecule has 730 valence electrons. The van der Waals surface area contributed by atoms with E-state index in [1.54, 1.807) is 124 Å². The molecule has 1 aliphatic carbocycles. The number of carbonyl (C=O) groups excluding carboxylic acids is 10. The average Bonchev–Trinajstić information content (AvgIpc) is 0.863. The van der Waals surface area contributed by atoms with Crippen molar-refractivity contribution in [3.8, 4) is 11.5 Å². The topological polar surface area (TPSA) is 491 Å². The zero-order valence-electron chi connectivity index (χ0n) is 76.7. The Hall–Kier alpha value is -18.1. The normalized spacial score (nSPS) is 12.1. The molecule has 2 aliphatic heterocycles. The largest absolute Gasteiger partial charge is 0.494 e. The average molecular weight is 1950 g/mol. The van der Waals surface area contributed by atoms with E-state index in [0.29, 0.717) is 99.8 Å². The van der Waals surface area contributed by atoms with Crippen LogP contribution < -0.4 is 64.0 Å². The van der Waals surface area contributed by atoms with Crippen LogP contribution in [0, 0.1) is 18.6 Å². The second-order valence-electron chi connectivity index (χ2n) is 32.9. The number of aliphatic hydroxyl groups excluding tert-OH is 1. The first-order valence-electron chi connectivity index (χ1n) is 44.7. The van der Waals surface area contributed by atoms with Gasteiger partial charge in [0, 0.05) is 97.6 Å². The van der Waals surface area contributed by atoms with Crippen molar-refractivity contribution >= 4 is 108 Å². The highest BCUT2D eigenvalue weighted by molar-refractivity contribution is 6.25.